The number of para-hydroxylation sites is 1. The zero-order valence-electron chi connectivity index (χ0n) is 11.2. The summed E-state index contributed by atoms with van der Waals surface area (Å²) in [6.07, 6.45) is 1.05. The van der Waals surface area contributed by atoms with Gasteiger partial charge in [0.2, 0.25) is 0 Å². The molecular weight excluding hydrogens is 246 g/mol. The second-order valence-electron chi connectivity index (χ2n) is 4.88. The van der Waals surface area contributed by atoms with Gasteiger partial charge in [0, 0.05) is 18.5 Å². The third-order valence-electron chi connectivity index (χ3n) is 3.39. The van der Waals surface area contributed by atoms with Crippen LogP contribution in [0.1, 0.15) is 38.9 Å². The molecular formula is C14H20ClN3. The van der Waals surface area contributed by atoms with Crippen molar-refractivity contribution in [2.45, 2.75) is 45.7 Å². The lowest BCUT2D eigenvalue weighted by molar-refractivity contribution is 0.539. The van der Waals surface area contributed by atoms with Crippen LogP contribution in [0, 0.1) is 0 Å². The SMILES string of the molecule is CCCn1c(C(C)C(C)N)nc2cccc(Cl)c21. The van der Waals surface area contributed by atoms with Crippen molar-refractivity contribution >= 4 is 22.6 Å². The van der Waals surface area contributed by atoms with E-state index in [0.29, 0.717) is 0 Å². The maximum Gasteiger partial charge on any atom is 0.114 e. The average Bonchev–Trinajstić information content (AvgIpc) is 2.69. The van der Waals surface area contributed by atoms with Crippen molar-refractivity contribution in [1.29, 1.82) is 0 Å². The van der Waals surface area contributed by atoms with Crippen LogP contribution in [0.4, 0.5) is 0 Å². The minimum absolute atomic E-state index is 0.0798. The van der Waals surface area contributed by atoms with Gasteiger partial charge in [0.25, 0.3) is 0 Å². The van der Waals surface area contributed by atoms with E-state index in [0.717, 1.165) is 34.8 Å². The van der Waals surface area contributed by atoms with E-state index in [9.17, 15) is 0 Å². The number of rotatable bonds is 4. The van der Waals surface area contributed by atoms with Crippen LogP contribution >= 0.6 is 11.6 Å². The fourth-order valence-electron chi connectivity index (χ4n) is 2.19. The number of nitrogens with two attached hydrogens (primary N) is 1. The molecule has 0 bridgehead atoms. The summed E-state index contributed by atoms with van der Waals surface area (Å²) in [5.41, 5.74) is 7.99. The van der Waals surface area contributed by atoms with Crippen molar-refractivity contribution in [2.75, 3.05) is 0 Å². The highest BCUT2D eigenvalue weighted by molar-refractivity contribution is 6.35. The zero-order chi connectivity index (χ0) is 13.3. The molecule has 0 fully saturated rings. The summed E-state index contributed by atoms with van der Waals surface area (Å²) in [6, 6.07) is 5.94. The summed E-state index contributed by atoms with van der Waals surface area (Å²) >= 11 is 6.30. The fourth-order valence-corrected chi connectivity index (χ4v) is 2.46. The normalized spacial score (nSPS) is 14.9. The van der Waals surface area contributed by atoms with Crippen LogP contribution in [0.3, 0.4) is 0 Å². The van der Waals surface area contributed by atoms with Gasteiger partial charge in [0.15, 0.2) is 0 Å². The molecule has 2 aromatic rings. The minimum Gasteiger partial charge on any atom is -0.327 e. The van der Waals surface area contributed by atoms with Gasteiger partial charge >= 0.3 is 0 Å². The standard InChI is InChI=1S/C14H20ClN3/c1-4-8-18-13-11(15)6-5-7-12(13)17-14(18)9(2)10(3)16/h5-7,9-10H,4,8,16H2,1-3H3. The van der Waals surface area contributed by atoms with Crippen LogP contribution in [0.5, 0.6) is 0 Å². The zero-order valence-corrected chi connectivity index (χ0v) is 11.9. The van der Waals surface area contributed by atoms with Gasteiger partial charge in [-0.05, 0) is 25.5 Å². The molecule has 98 valence electrons. The Kier molecular flexibility index (Phi) is 3.93. The highest BCUT2D eigenvalue weighted by atomic mass is 35.5. The molecule has 0 radical (unpaired) electrons. The maximum absolute atomic E-state index is 6.30. The van der Waals surface area contributed by atoms with E-state index in [2.05, 4.69) is 18.4 Å². The molecule has 0 amide bonds. The van der Waals surface area contributed by atoms with E-state index in [1.165, 1.54) is 0 Å². The number of fused-ring (bicyclic) bond motifs is 1. The van der Waals surface area contributed by atoms with Crippen molar-refractivity contribution in [3.63, 3.8) is 0 Å². The number of aromatic nitrogens is 2. The van der Waals surface area contributed by atoms with Crippen molar-refractivity contribution in [1.82, 2.24) is 9.55 Å². The quantitative estimate of drug-likeness (QED) is 0.919. The first-order chi connectivity index (χ1) is 8.56. The molecule has 0 aliphatic carbocycles. The second kappa shape index (κ2) is 5.29. The van der Waals surface area contributed by atoms with Crippen LogP contribution in [0.15, 0.2) is 18.2 Å². The molecule has 2 N–H and O–H groups in total. The largest absolute Gasteiger partial charge is 0.327 e. The average molecular weight is 266 g/mol. The van der Waals surface area contributed by atoms with Gasteiger partial charge in [-0.2, -0.15) is 0 Å². The number of hydrogen-bond acceptors (Lipinski definition) is 2. The molecule has 18 heavy (non-hydrogen) atoms. The number of hydrogen-bond donors (Lipinski definition) is 1. The van der Waals surface area contributed by atoms with Crippen molar-refractivity contribution < 1.29 is 0 Å². The van der Waals surface area contributed by atoms with Gasteiger partial charge in [-0.1, -0.05) is 31.5 Å². The number of imidazole rings is 1. The first-order valence-corrected chi connectivity index (χ1v) is 6.84. The van der Waals surface area contributed by atoms with E-state index in [1.54, 1.807) is 0 Å². The molecule has 3 nitrogen and oxygen atoms in total. The number of nitrogens with zero attached hydrogens (tertiary/aromatic N) is 2. The second-order valence-corrected chi connectivity index (χ2v) is 5.28. The predicted octanol–water partition coefficient (Wildman–Crippen LogP) is 3.55. The Balaban J connectivity index is 2.65. The van der Waals surface area contributed by atoms with E-state index in [4.69, 9.17) is 22.3 Å². The third-order valence-corrected chi connectivity index (χ3v) is 3.70. The number of halogens is 1. The van der Waals surface area contributed by atoms with E-state index < -0.39 is 0 Å². The maximum atomic E-state index is 6.30. The van der Waals surface area contributed by atoms with Gasteiger partial charge < -0.3 is 10.3 Å². The molecule has 2 rings (SSSR count). The monoisotopic (exact) mass is 265 g/mol. The molecule has 0 saturated heterocycles. The smallest absolute Gasteiger partial charge is 0.114 e. The highest BCUT2D eigenvalue weighted by Gasteiger charge is 2.20. The first-order valence-electron chi connectivity index (χ1n) is 6.46. The summed E-state index contributed by atoms with van der Waals surface area (Å²) < 4.78 is 2.21. The van der Waals surface area contributed by atoms with Crippen LogP contribution in [-0.2, 0) is 6.54 Å². The van der Waals surface area contributed by atoms with Crippen molar-refractivity contribution in [2.24, 2.45) is 5.73 Å². The lowest BCUT2D eigenvalue weighted by atomic mass is 10.0. The number of benzene rings is 1. The van der Waals surface area contributed by atoms with E-state index in [1.807, 2.05) is 25.1 Å². The lowest BCUT2D eigenvalue weighted by Gasteiger charge is -2.17. The van der Waals surface area contributed by atoms with Gasteiger partial charge in [0.1, 0.15) is 5.82 Å². The molecule has 0 aliphatic heterocycles. The molecule has 4 heteroatoms. The van der Waals surface area contributed by atoms with Crippen LogP contribution < -0.4 is 5.73 Å². The predicted molar refractivity (Wildman–Crippen MR) is 77.1 cm³/mol. The van der Waals surface area contributed by atoms with Crippen molar-refractivity contribution in [3.8, 4) is 0 Å². The van der Waals surface area contributed by atoms with E-state index in [-0.39, 0.29) is 12.0 Å². The Morgan fingerprint density at radius 3 is 2.72 bits per heavy atom. The Morgan fingerprint density at radius 2 is 2.11 bits per heavy atom. The Labute approximate surface area is 113 Å². The molecule has 0 aliphatic rings. The van der Waals surface area contributed by atoms with Crippen LogP contribution in [0.2, 0.25) is 5.02 Å². The van der Waals surface area contributed by atoms with E-state index >= 15 is 0 Å². The van der Waals surface area contributed by atoms with Gasteiger partial charge in [-0.15, -0.1) is 0 Å². The van der Waals surface area contributed by atoms with Crippen LogP contribution in [0.25, 0.3) is 11.0 Å². The first kappa shape index (κ1) is 13.4. The molecule has 0 spiro atoms. The molecule has 1 aromatic carbocycles. The molecule has 2 unspecified atom stereocenters. The van der Waals surface area contributed by atoms with Gasteiger partial charge in [-0.25, -0.2) is 4.98 Å². The molecule has 2 atom stereocenters. The Hall–Kier alpha value is -1.06. The fraction of sp³-hybridized carbons (Fsp3) is 0.500. The molecule has 1 heterocycles. The molecule has 0 saturated carbocycles. The number of aryl methyl sites for hydroxylation is 1. The van der Waals surface area contributed by atoms with Crippen LogP contribution in [-0.4, -0.2) is 15.6 Å². The van der Waals surface area contributed by atoms with Crippen molar-refractivity contribution in [3.05, 3.63) is 29.0 Å². The molecule has 1 aromatic heterocycles. The Bertz CT molecular complexity index is 545. The third kappa shape index (κ3) is 2.25. The topological polar surface area (TPSA) is 43.8 Å². The lowest BCUT2D eigenvalue weighted by Crippen LogP contribution is -2.25. The summed E-state index contributed by atoms with van der Waals surface area (Å²) in [7, 11) is 0. The Morgan fingerprint density at radius 1 is 1.39 bits per heavy atom. The summed E-state index contributed by atoms with van der Waals surface area (Å²) in [5, 5.41) is 0.761. The minimum atomic E-state index is 0.0798. The summed E-state index contributed by atoms with van der Waals surface area (Å²) in [5.74, 6) is 1.26. The highest BCUT2D eigenvalue weighted by Crippen LogP contribution is 2.28. The van der Waals surface area contributed by atoms with Gasteiger partial charge in [-0.3, -0.25) is 0 Å². The summed E-state index contributed by atoms with van der Waals surface area (Å²) in [6.45, 7) is 7.21. The van der Waals surface area contributed by atoms with Gasteiger partial charge in [0.05, 0.1) is 16.1 Å². The summed E-state index contributed by atoms with van der Waals surface area (Å²) in [4.78, 5) is 4.71.